The molecule has 0 atom stereocenters. The van der Waals surface area contributed by atoms with Crippen molar-refractivity contribution >= 4 is 10.2 Å². The van der Waals surface area contributed by atoms with Crippen LogP contribution in [0.1, 0.15) is 20.3 Å². The van der Waals surface area contributed by atoms with Crippen molar-refractivity contribution in [3.8, 4) is 0 Å². The fraction of sp³-hybridized carbons (Fsp3) is 0.600. The number of rotatable bonds is 7. The van der Waals surface area contributed by atoms with Crippen LogP contribution in [0.25, 0.3) is 0 Å². The topological polar surface area (TPSA) is 18.5 Å². The standard InChI is InChI=1S/C10H20O2Si/c1-3-11-10(12-4-2)8-6-5-7-9-13/h5-7,9-10H,3-4,8H2,1-2,13H3. The Kier molecular flexibility index (Phi) is 9.42. The van der Waals surface area contributed by atoms with E-state index >= 15 is 0 Å². The minimum atomic E-state index is -0.0752. The van der Waals surface area contributed by atoms with Gasteiger partial charge in [0.2, 0.25) is 0 Å². The van der Waals surface area contributed by atoms with Crippen LogP contribution in [0.4, 0.5) is 0 Å². The first kappa shape index (κ1) is 12.6. The third-order valence-electron chi connectivity index (χ3n) is 1.47. The summed E-state index contributed by atoms with van der Waals surface area (Å²) in [6, 6.07) is 0. The summed E-state index contributed by atoms with van der Waals surface area (Å²) in [6.45, 7) is 5.37. The van der Waals surface area contributed by atoms with E-state index in [-0.39, 0.29) is 6.29 Å². The average molecular weight is 200 g/mol. The highest BCUT2D eigenvalue weighted by Crippen LogP contribution is 2.01. The molecule has 0 saturated carbocycles. The van der Waals surface area contributed by atoms with Gasteiger partial charge in [-0.3, -0.25) is 0 Å². The lowest BCUT2D eigenvalue weighted by Gasteiger charge is -2.14. The molecule has 0 saturated heterocycles. The highest BCUT2D eigenvalue weighted by molar-refractivity contribution is 6.17. The Labute approximate surface area is 84.0 Å². The van der Waals surface area contributed by atoms with Crippen molar-refractivity contribution in [1.29, 1.82) is 0 Å². The highest BCUT2D eigenvalue weighted by atomic mass is 28.1. The number of hydrogen-bond acceptors (Lipinski definition) is 2. The van der Waals surface area contributed by atoms with Crippen LogP contribution in [0, 0.1) is 0 Å². The zero-order valence-corrected chi connectivity index (χ0v) is 10.8. The van der Waals surface area contributed by atoms with E-state index in [0.29, 0.717) is 13.2 Å². The monoisotopic (exact) mass is 200 g/mol. The van der Waals surface area contributed by atoms with E-state index in [4.69, 9.17) is 9.47 Å². The third kappa shape index (κ3) is 7.96. The van der Waals surface area contributed by atoms with E-state index < -0.39 is 0 Å². The van der Waals surface area contributed by atoms with Gasteiger partial charge >= 0.3 is 0 Å². The van der Waals surface area contributed by atoms with Gasteiger partial charge in [0.05, 0.1) is 0 Å². The lowest BCUT2D eigenvalue weighted by molar-refractivity contribution is -0.133. The van der Waals surface area contributed by atoms with Gasteiger partial charge in [0.15, 0.2) is 6.29 Å². The van der Waals surface area contributed by atoms with Gasteiger partial charge in [-0.15, -0.1) is 5.70 Å². The molecular weight excluding hydrogens is 180 g/mol. The second-order valence-electron chi connectivity index (χ2n) is 2.53. The maximum Gasteiger partial charge on any atom is 0.160 e. The summed E-state index contributed by atoms with van der Waals surface area (Å²) >= 11 is 0. The molecule has 0 bridgehead atoms. The van der Waals surface area contributed by atoms with E-state index in [1.165, 1.54) is 0 Å². The molecule has 0 radical (unpaired) electrons. The average Bonchev–Trinajstić information content (AvgIpc) is 2.13. The van der Waals surface area contributed by atoms with Crippen molar-refractivity contribution in [2.45, 2.75) is 26.6 Å². The summed E-state index contributed by atoms with van der Waals surface area (Å²) in [6.07, 6.45) is 6.92. The molecule has 0 aromatic heterocycles. The van der Waals surface area contributed by atoms with Crippen LogP contribution < -0.4 is 0 Å². The smallest absolute Gasteiger partial charge is 0.160 e. The predicted molar refractivity (Wildman–Crippen MR) is 59.9 cm³/mol. The predicted octanol–water partition coefficient (Wildman–Crippen LogP) is 1.21. The molecule has 0 rings (SSSR count). The van der Waals surface area contributed by atoms with Crippen LogP contribution >= 0.6 is 0 Å². The van der Waals surface area contributed by atoms with Crippen molar-refractivity contribution in [2.75, 3.05) is 13.2 Å². The first-order valence-corrected chi connectivity index (χ1v) is 6.01. The Morgan fingerprint density at radius 1 is 1.15 bits per heavy atom. The maximum absolute atomic E-state index is 5.37. The number of allylic oxidation sites excluding steroid dienone is 2. The van der Waals surface area contributed by atoms with E-state index in [1.54, 1.807) is 0 Å². The normalized spacial score (nSPS) is 12.5. The van der Waals surface area contributed by atoms with Crippen LogP contribution in [-0.2, 0) is 9.47 Å². The summed E-state index contributed by atoms with van der Waals surface area (Å²) < 4.78 is 10.7. The lowest BCUT2D eigenvalue weighted by Crippen LogP contribution is -2.16. The summed E-state index contributed by atoms with van der Waals surface area (Å²) in [7, 11) is 1.11. The van der Waals surface area contributed by atoms with Gasteiger partial charge in [-0.05, 0) is 13.8 Å². The molecular formula is C10H20O2Si. The molecule has 0 amide bonds. The van der Waals surface area contributed by atoms with Gasteiger partial charge in [0.25, 0.3) is 0 Å². The molecule has 0 aliphatic heterocycles. The van der Waals surface area contributed by atoms with E-state index in [1.807, 2.05) is 19.9 Å². The third-order valence-corrected chi connectivity index (χ3v) is 1.86. The minimum Gasteiger partial charge on any atom is -0.353 e. The highest BCUT2D eigenvalue weighted by Gasteiger charge is 2.03. The Hall–Kier alpha value is -0.383. The first-order valence-electron chi connectivity index (χ1n) is 4.86. The Morgan fingerprint density at radius 2 is 1.77 bits per heavy atom. The van der Waals surface area contributed by atoms with Crippen LogP contribution in [0.15, 0.2) is 23.9 Å². The lowest BCUT2D eigenvalue weighted by atomic mass is 10.3. The van der Waals surface area contributed by atoms with Crippen LogP contribution in [0.3, 0.4) is 0 Å². The molecule has 0 heterocycles. The van der Waals surface area contributed by atoms with E-state index in [9.17, 15) is 0 Å². The molecule has 3 heteroatoms. The maximum atomic E-state index is 5.37. The van der Waals surface area contributed by atoms with Gasteiger partial charge in [0.1, 0.15) is 0 Å². The molecule has 0 aliphatic carbocycles. The molecule has 0 unspecified atom stereocenters. The molecule has 0 fully saturated rings. The fourth-order valence-corrected chi connectivity index (χ4v) is 1.16. The molecule has 76 valence electrons. The molecule has 0 aromatic carbocycles. The van der Waals surface area contributed by atoms with Crippen molar-refractivity contribution in [3.63, 3.8) is 0 Å². The van der Waals surface area contributed by atoms with E-state index in [0.717, 1.165) is 16.7 Å². The second-order valence-corrected chi connectivity index (χ2v) is 3.20. The van der Waals surface area contributed by atoms with Crippen molar-refractivity contribution in [3.05, 3.63) is 23.9 Å². The minimum absolute atomic E-state index is 0.0752. The van der Waals surface area contributed by atoms with Crippen LogP contribution in [-0.4, -0.2) is 29.7 Å². The molecule has 0 aromatic rings. The van der Waals surface area contributed by atoms with Crippen molar-refractivity contribution in [2.24, 2.45) is 0 Å². The molecule has 0 spiro atoms. The Balaban J connectivity index is 3.66. The quantitative estimate of drug-likeness (QED) is 0.349. The molecule has 0 N–H and O–H groups in total. The van der Waals surface area contributed by atoms with Gasteiger partial charge in [-0.2, -0.15) is 0 Å². The van der Waals surface area contributed by atoms with Gasteiger partial charge in [-0.1, -0.05) is 18.2 Å². The molecule has 2 nitrogen and oxygen atoms in total. The zero-order chi connectivity index (χ0) is 9.94. The fourth-order valence-electron chi connectivity index (χ4n) is 0.935. The summed E-state index contributed by atoms with van der Waals surface area (Å²) in [4.78, 5) is 0. The van der Waals surface area contributed by atoms with Crippen LogP contribution in [0.2, 0.25) is 0 Å². The van der Waals surface area contributed by atoms with Crippen LogP contribution in [0.5, 0.6) is 0 Å². The number of hydrogen-bond donors (Lipinski definition) is 0. The first-order chi connectivity index (χ1) is 6.35. The Bertz CT molecular complexity index is 149. The molecule has 13 heavy (non-hydrogen) atoms. The molecule has 0 aliphatic rings. The van der Waals surface area contributed by atoms with E-state index in [2.05, 4.69) is 17.9 Å². The summed E-state index contributed by atoms with van der Waals surface area (Å²) in [5, 5.41) is 0. The zero-order valence-electron chi connectivity index (χ0n) is 8.82. The second kappa shape index (κ2) is 9.70. The SMILES string of the molecule is CCOC(CC=CC=C[SiH3])OCC. The van der Waals surface area contributed by atoms with Gasteiger partial charge < -0.3 is 9.47 Å². The largest absolute Gasteiger partial charge is 0.353 e. The van der Waals surface area contributed by atoms with Gasteiger partial charge in [-0.25, -0.2) is 0 Å². The number of ether oxygens (including phenoxy) is 2. The summed E-state index contributed by atoms with van der Waals surface area (Å²) in [5.74, 6) is 0. The van der Waals surface area contributed by atoms with Gasteiger partial charge in [0, 0.05) is 29.9 Å². The van der Waals surface area contributed by atoms with Crippen molar-refractivity contribution in [1.82, 2.24) is 0 Å². The Morgan fingerprint density at radius 3 is 2.23 bits per heavy atom. The summed E-state index contributed by atoms with van der Waals surface area (Å²) in [5.41, 5.74) is 2.13. The van der Waals surface area contributed by atoms with Crippen molar-refractivity contribution < 1.29 is 9.47 Å².